The number of hydrogen-bond acceptors (Lipinski definition) is 4. The summed E-state index contributed by atoms with van der Waals surface area (Å²) in [6, 6.07) is 19.5. The number of para-hydroxylation sites is 1. The molecule has 0 aliphatic carbocycles. The van der Waals surface area contributed by atoms with Crippen molar-refractivity contribution in [3.8, 4) is 0 Å². The van der Waals surface area contributed by atoms with Gasteiger partial charge in [0.05, 0.1) is 10.6 Å². The standard InChI is InChI=1S/C22H20N2O2S2/c1-2-15-6-3-4-7-18(15)24-20(25)14-28-22(24)16-9-11-17(12-10-16)23-21(26)19-8-5-13-27-19/h3-13,22H,2,14H2,1H3,(H,23,26). The first-order valence-corrected chi connectivity index (χ1v) is 11.1. The topological polar surface area (TPSA) is 49.4 Å². The Bertz CT molecular complexity index is 984. The Morgan fingerprint density at radius 1 is 1.11 bits per heavy atom. The molecule has 28 heavy (non-hydrogen) atoms. The summed E-state index contributed by atoms with van der Waals surface area (Å²) in [4.78, 5) is 27.4. The largest absolute Gasteiger partial charge is 0.321 e. The number of nitrogens with zero attached hydrogens (tertiary/aromatic N) is 1. The quantitative estimate of drug-likeness (QED) is 0.620. The summed E-state index contributed by atoms with van der Waals surface area (Å²) in [5.74, 6) is 0.497. The maximum Gasteiger partial charge on any atom is 0.265 e. The zero-order chi connectivity index (χ0) is 19.5. The molecule has 1 atom stereocenters. The Morgan fingerprint density at radius 2 is 1.89 bits per heavy atom. The Balaban J connectivity index is 1.56. The van der Waals surface area contributed by atoms with Gasteiger partial charge in [-0.25, -0.2) is 0 Å². The summed E-state index contributed by atoms with van der Waals surface area (Å²) in [5.41, 5.74) is 3.95. The van der Waals surface area contributed by atoms with Crippen LogP contribution in [0.15, 0.2) is 66.0 Å². The van der Waals surface area contributed by atoms with Gasteiger partial charge < -0.3 is 5.32 Å². The first kappa shape index (κ1) is 18.8. The van der Waals surface area contributed by atoms with Gasteiger partial charge in [0.25, 0.3) is 5.91 Å². The van der Waals surface area contributed by atoms with Crippen molar-refractivity contribution in [2.45, 2.75) is 18.7 Å². The predicted octanol–water partition coefficient (Wildman–Crippen LogP) is 5.34. The summed E-state index contributed by atoms with van der Waals surface area (Å²) in [7, 11) is 0. The van der Waals surface area contributed by atoms with Crippen molar-refractivity contribution >= 4 is 46.3 Å². The fourth-order valence-corrected chi connectivity index (χ4v) is 5.10. The van der Waals surface area contributed by atoms with Gasteiger partial charge in [-0.15, -0.1) is 23.1 Å². The summed E-state index contributed by atoms with van der Waals surface area (Å²) >= 11 is 3.05. The van der Waals surface area contributed by atoms with Gasteiger partial charge in [-0.05, 0) is 47.2 Å². The number of carbonyl (C=O) groups is 2. The van der Waals surface area contributed by atoms with Crippen LogP contribution in [0.2, 0.25) is 0 Å². The highest BCUT2D eigenvalue weighted by molar-refractivity contribution is 8.00. The molecule has 1 unspecified atom stereocenters. The van der Waals surface area contributed by atoms with Gasteiger partial charge in [0.1, 0.15) is 5.37 Å². The Kier molecular flexibility index (Phi) is 5.50. The van der Waals surface area contributed by atoms with E-state index in [1.165, 1.54) is 16.9 Å². The van der Waals surface area contributed by atoms with E-state index in [1.807, 2.05) is 58.8 Å². The minimum Gasteiger partial charge on any atom is -0.321 e. The second-order valence-corrected chi connectivity index (χ2v) is 8.48. The van der Waals surface area contributed by atoms with Crippen molar-refractivity contribution in [2.75, 3.05) is 16.0 Å². The van der Waals surface area contributed by atoms with Gasteiger partial charge in [0, 0.05) is 11.4 Å². The number of rotatable bonds is 5. The third kappa shape index (κ3) is 3.70. The van der Waals surface area contributed by atoms with Gasteiger partial charge in [0.2, 0.25) is 5.91 Å². The number of benzene rings is 2. The molecule has 1 fully saturated rings. The average molecular weight is 409 g/mol. The number of hydrogen-bond donors (Lipinski definition) is 1. The molecule has 142 valence electrons. The van der Waals surface area contributed by atoms with Crippen molar-refractivity contribution in [1.82, 2.24) is 0 Å². The highest BCUT2D eigenvalue weighted by atomic mass is 32.2. The fourth-order valence-electron chi connectivity index (χ4n) is 3.31. The van der Waals surface area contributed by atoms with Gasteiger partial charge in [-0.1, -0.05) is 43.3 Å². The lowest BCUT2D eigenvalue weighted by molar-refractivity contribution is -0.115. The normalized spacial score (nSPS) is 16.4. The van der Waals surface area contributed by atoms with Crippen molar-refractivity contribution in [3.05, 3.63) is 82.0 Å². The van der Waals surface area contributed by atoms with E-state index in [1.54, 1.807) is 17.8 Å². The molecule has 0 bridgehead atoms. The van der Waals surface area contributed by atoms with E-state index >= 15 is 0 Å². The molecule has 0 saturated carbocycles. The monoisotopic (exact) mass is 408 g/mol. The maximum atomic E-state index is 12.6. The zero-order valence-corrected chi connectivity index (χ0v) is 17.1. The Morgan fingerprint density at radius 3 is 2.61 bits per heavy atom. The van der Waals surface area contributed by atoms with Crippen LogP contribution in [0.3, 0.4) is 0 Å². The Hall–Kier alpha value is -2.57. The molecular formula is C22H20N2O2S2. The lowest BCUT2D eigenvalue weighted by Gasteiger charge is -2.26. The molecule has 6 heteroatoms. The molecule has 1 N–H and O–H groups in total. The van der Waals surface area contributed by atoms with Crippen LogP contribution in [0.25, 0.3) is 0 Å². The maximum absolute atomic E-state index is 12.6. The smallest absolute Gasteiger partial charge is 0.265 e. The van der Waals surface area contributed by atoms with E-state index in [0.29, 0.717) is 10.6 Å². The van der Waals surface area contributed by atoms with Crippen LogP contribution >= 0.6 is 23.1 Å². The summed E-state index contributed by atoms with van der Waals surface area (Å²) < 4.78 is 0. The molecular weight excluding hydrogens is 388 g/mol. The van der Waals surface area contributed by atoms with E-state index in [2.05, 4.69) is 18.3 Å². The third-order valence-corrected chi connectivity index (χ3v) is 6.78. The van der Waals surface area contributed by atoms with Gasteiger partial charge in [0.15, 0.2) is 0 Å². The van der Waals surface area contributed by atoms with Crippen LogP contribution in [0.5, 0.6) is 0 Å². The second kappa shape index (κ2) is 8.20. The van der Waals surface area contributed by atoms with Gasteiger partial charge in [-0.2, -0.15) is 0 Å². The van der Waals surface area contributed by atoms with Crippen molar-refractivity contribution < 1.29 is 9.59 Å². The molecule has 4 rings (SSSR count). The zero-order valence-electron chi connectivity index (χ0n) is 15.4. The molecule has 2 heterocycles. The molecule has 1 aromatic heterocycles. The number of anilines is 2. The molecule has 2 amide bonds. The van der Waals surface area contributed by atoms with Crippen LogP contribution in [-0.2, 0) is 11.2 Å². The lowest BCUT2D eigenvalue weighted by Crippen LogP contribution is -2.28. The first-order chi connectivity index (χ1) is 13.7. The molecule has 3 aromatic rings. The SMILES string of the molecule is CCc1ccccc1N1C(=O)CSC1c1ccc(NC(=O)c2cccs2)cc1. The highest BCUT2D eigenvalue weighted by Gasteiger charge is 2.34. The van der Waals surface area contributed by atoms with Gasteiger partial charge in [-0.3, -0.25) is 14.5 Å². The van der Waals surface area contributed by atoms with E-state index < -0.39 is 0 Å². The molecule has 0 radical (unpaired) electrons. The van der Waals surface area contributed by atoms with Crippen molar-refractivity contribution in [1.29, 1.82) is 0 Å². The number of nitrogens with one attached hydrogen (secondary N) is 1. The second-order valence-electron chi connectivity index (χ2n) is 6.46. The van der Waals surface area contributed by atoms with E-state index in [9.17, 15) is 9.59 Å². The van der Waals surface area contributed by atoms with Crippen LogP contribution in [0.1, 0.15) is 33.1 Å². The molecule has 4 nitrogen and oxygen atoms in total. The minimum absolute atomic E-state index is 0.0535. The fraction of sp³-hybridized carbons (Fsp3) is 0.182. The molecule has 2 aromatic carbocycles. The third-order valence-electron chi connectivity index (χ3n) is 4.70. The number of aryl methyl sites for hydroxylation is 1. The molecule has 1 aliphatic heterocycles. The average Bonchev–Trinajstić information content (AvgIpc) is 3.39. The van der Waals surface area contributed by atoms with E-state index in [-0.39, 0.29) is 17.2 Å². The molecule has 1 saturated heterocycles. The number of carbonyl (C=O) groups excluding carboxylic acids is 2. The van der Waals surface area contributed by atoms with Crippen LogP contribution in [0, 0.1) is 0 Å². The van der Waals surface area contributed by atoms with E-state index in [4.69, 9.17) is 0 Å². The molecule has 1 aliphatic rings. The van der Waals surface area contributed by atoms with Crippen LogP contribution in [-0.4, -0.2) is 17.6 Å². The first-order valence-electron chi connectivity index (χ1n) is 9.13. The number of thiophene rings is 1. The van der Waals surface area contributed by atoms with Crippen molar-refractivity contribution in [3.63, 3.8) is 0 Å². The highest BCUT2D eigenvalue weighted by Crippen LogP contribution is 2.43. The van der Waals surface area contributed by atoms with Crippen LogP contribution < -0.4 is 10.2 Å². The number of amides is 2. The minimum atomic E-state index is -0.105. The number of thioether (sulfide) groups is 1. The summed E-state index contributed by atoms with van der Waals surface area (Å²) in [5, 5.41) is 4.75. The van der Waals surface area contributed by atoms with Crippen LogP contribution in [0.4, 0.5) is 11.4 Å². The Labute approximate surface area is 172 Å². The summed E-state index contributed by atoms with van der Waals surface area (Å²) in [6.07, 6.45) is 0.880. The van der Waals surface area contributed by atoms with Gasteiger partial charge >= 0.3 is 0 Å². The molecule has 0 spiro atoms. The predicted molar refractivity (Wildman–Crippen MR) is 117 cm³/mol. The lowest BCUT2D eigenvalue weighted by atomic mass is 10.1. The van der Waals surface area contributed by atoms with Crippen molar-refractivity contribution in [2.24, 2.45) is 0 Å². The summed E-state index contributed by atoms with van der Waals surface area (Å²) in [6.45, 7) is 2.10. The van der Waals surface area contributed by atoms with E-state index in [0.717, 1.165) is 23.4 Å².